The molecule has 7 nitrogen and oxygen atoms in total. The van der Waals surface area contributed by atoms with Crippen molar-refractivity contribution in [1.82, 2.24) is 9.97 Å². The molecule has 1 fully saturated rings. The summed E-state index contributed by atoms with van der Waals surface area (Å²) in [5.41, 5.74) is 8.97. The molecule has 2 aromatic rings. The van der Waals surface area contributed by atoms with Gasteiger partial charge in [-0.1, -0.05) is 12.1 Å². The first kappa shape index (κ1) is 15.8. The molecule has 1 aromatic carbocycles. The molecule has 0 bridgehead atoms. The van der Waals surface area contributed by atoms with E-state index in [0.717, 1.165) is 18.5 Å². The average Bonchev–Trinajstić information content (AvgIpc) is 2.59. The first-order valence-electron chi connectivity index (χ1n) is 8.37. The molecule has 0 spiro atoms. The fraction of sp³-hybridized carbons (Fsp3) is 0.389. The Balaban J connectivity index is 1.59. The molecular formula is C18H20N4O3. The highest BCUT2D eigenvalue weighted by atomic mass is 16.5. The number of carbonyl (C=O) groups excluding carboxylic acids is 1. The highest BCUT2D eigenvalue weighted by molar-refractivity contribution is 6.10. The lowest BCUT2D eigenvalue weighted by Gasteiger charge is -2.32. The van der Waals surface area contributed by atoms with Gasteiger partial charge >= 0.3 is 6.01 Å². The van der Waals surface area contributed by atoms with Crippen LogP contribution in [0.5, 0.6) is 6.01 Å². The summed E-state index contributed by atoms with van der Waals surface area (Å²) in [6.45, 7) is 0.535. The Bertz CT molecular complexity index is 816. The lowest BCUT2D eigenvalue weighted by atomic mass is 9.77. The second-order valence-corrected chi connectivity index (χ2v) is 6.54. The number of methoxy groups -OCH3 is 1. The van der Waals surface area contributed by atoms with Gasteiger partial charge in [0.05, 0.1) is 18.9 Å². The minimum Gasteiger partial charge on any atom is -0.467 e. The summed E-state index contributed by atoms with van der Waals surface area (Å²) in [4.78, 5) is 22.8. The number of amides is 1. The van der Waals surface area contributed by atoms with E-state index in [9.17, 15) is 9.90 Å². The van der Waals surface area contributed by atoms with E-state index in [0.29, 0.717) is 30.1 Å². The van der Waals surface area contributed by atoms with E-state index in [4.69, 9.17) is 10.5 Å². The van der Waals surface area contributed by atoms with Crippen molar-refractivity contribution in [3.8, 4) is 6.01 Å². The Morgan fingerprint density at radius 1 is 1.24 bits per heavy atom. The van der Waals surface area contributed by atoms with Crippen molar-refractivity contribution in [3.05, 3.63) is 41.1 Å². The predicted molar refractivity (Wildman–Crippen MR) is 92.8 cm³/mol. The number of nitrogens with zero attached hydrogens (tertiary/aromatic N) is 3. The molecule has 4 rings (SSSR count). The molecule has 1 aromatic heterocycles. The molecule has 7 heteroatoms. The molecule has 0 unspecified atom stereocenters. The number of ether oxygens (including phenoxy) is 1. The van der Waals surface area contributed by atoms with Crippen LogP contribution in [-0.4, -0.2) is 40.7 Å². The highest BCUT2D eigenvalue weighted by Gasteiger charge is 2.31. The second-order valence-electron chi connectivity index (χ2n) is 6.54. The molecule has 1 aliphatic heterocycles. The summed E-state index contributed by atoms with van der Waals surface area (Å²) in [5, 5.41) is 9.44. The first-order chi connectivity index (χ1) is 12.1. The van der Waals surface area contributed by atoms with Crippen molar-refractivity contribution < 1.29 is 14.6 Å². The monoisotopic (exact) mass is 340 g/mol. The summed E-state index contributed by atoms with van der Waals surface area (Å²) < 4.78 is 5.02. The molecule has 1 saturated carbocycles. The van der Waals surface area contributed by atoms with Crippen LogP contribution in [-0.2, 0) is 6.42 Å². The number of nitrogen functional groups attached to an aromatic ring is 1. The maximum absolute atomic E-state index is 12.9. The van der Waals surface area contributed by atoms with E-state index >= 15 is 0 Å². The van der Waals surface area contributed by atoms with E-state index in [-0.39, 0.29) is 23.8 Å². The summed E-state index contributed by atoms with van der Waals surface area (Å²) >= 11 is 0. The fourth-order valence-electron chi connectivity index (χ4n) is 3.50. The van der Waals surface area contributed by atoms with Gasteiger partial charge in [0.15, 0.2) is 0 Å². The minimum absolute atomic E-state index is 0.150. The Hall–Kier alpha value is -2.67. The van der Waals surface area contributed by atoms with Gasteiger partial charge < -0.3 is 20.5 Å². The molecule has 0 atom stereocenters. The zero-order valence-corrected chi connectivity index (χ0v) is 14.0. The minimum atomic E-state index is -0.187. The molecule has 1 aliphatic carbocycles. The third-order valence-corrected chi connectivity index (χ3v) is 4.99. The van der Waals surface area contributed by atoms with Crippen molar-refractivity contribution in [2.75, 3.05) is 24.3 Å². The molecule has 130 valence electrons. The van der Waals surface area contributed by atoms with Crippen molar-refractivity contribution in [2.24, 2.45) is 0 Å². The van der Waals surface area contributed by atoms with Crippen molar-refractivity contribution in [1.29, 1.82) is 0 Å². The van der Waals surface area contributed by atoms with Gasteiger partial charge in [-0.3, -0.25) is 4.79 Å². The number of fused-ring (bicyclic) bond motifs is 1. The van der Waals surface area contributed by atoms with Gasteiger partial charge in [-0.25, -0.2) is 0 Å². The lowest BCUT2D eigenvalue weighted by molar-refractivity contribution is 0.0746. The van der Waals surface area contributed by atoms with Crippen LogP contribution in [0.1, 0.15) is 40.4 Å². The zero-order chi connectivity index (χ0) is 17.6. The zero-order valence-electron chi connectivity index (χ0n) is 14.0. The first-order valence-corrected chi connectivity index (χ1v) is 8.37. The average molecular weight is 340 g/mol. The summed E-state index contributed by atoms with van der Waals surface area (Å²) in [6.07, 6.45) is 2.04. The smallest absolute Gasteiger partial charge is 0.318 e. The van der Waals surface area contributed by atoms with Gasteiger partial charge in [0.2, 0.25) is 0 Å². The van der Waals surface area contributed by atoms with Crippen molar-refractivity contribution in [3.63, 3.8) is 0 Å². The van der Waals surface area contributed by atoms with Crippen LogP contribution in [0.15, 0.2) is 24.3 Å². The normalized spacial score (nSPS) is 22.3. The Labute approximate surface area is 145 Å². The fourth-order valence-corrected chi connectivity index (χ4v) is 3.50. The molecular weight excluding hydrogens is 320 g/mol. The Morgan fingerprint density at radius 3 is 2.60 bits per heavy atom. The van der Waals surface area contributed by atoms with Gasteiger partial charge in [0, 0.05) is 18.7 Å². The number of aliphatic hydroxyl groups is 1. The maximum atomic E-state index is 12.9. The van der Waals surface area contributed by atoms with Gasteiger partial charge in [-0.05, 0) is 36.5 Å². The number of hydrogen-bond donors (Lipinski definition) is 2. The van der Waals surface area contributed by atoms with Gasteiger partial charge in [0.25, 0.3) is 5.91 Å². The maximum Gasteiger partial charge on any atom is 0.318 e. The van der Waals surface area contributed by atoms with Crippen LogP contribution in [0.25, 0.3) is 0 Å². The number of aliphatic hydroxyl groups excluding tert-OH is 1. The van der Waals surface area contributed by atoms with Crippen molar-refractivity contribution in [2.45, 2.75) is 31.3 Å². The third-order valence-electron chi connectivity index (χ3n) is 4.99. The van der Waals surface area contributed by atoms with Crippen LogP contribution < -0.4 is 15.4 Å². The van der Waals surface area contributed by atoms with Crippen LogP contribution in [0.4, 0.5) is 11.5 Å². The van der Waals surface area contributed by atoms with Gasteiger partial charge in [0.1, 0.15) is 11.4 Å². The number of hydrogen-bond acceptors (Lipinski definition) is 6. The van der Waals surface area contributed by atoms with E-state index in [2.05, 4.69) is 9.97 Å². The number of aromatic nitrogens is 2. The van der Waals surface area contributed by atoms with Crippen LogP contribution in [0.3, 0.4) is 0 Å². The van der Waals surface area contributed by atoms with E-state index in [1.54, 1.807) is 4.90 Å². The molecule has 0 saturated heterocycles. The number of nitrogens with two attached hydrogens (primary N) is 1. The molecule has 1 amide bonds. The predicted octanol–water partition coefficient (Wildman–Crippen LogP) is 1.51. The summed E-state index contributed by atoms with van der Waals surface area (Å²) in [5.74, 6) is 0.378. The second kappa shape index (κ2) is 6.00. The number of benzene rings is 1. The van der Waals surface area contributed by atoms with Crippen LogP contribution in [0.2, 0.25) is 0 Å². The highest BCUT2D eigenvalue weighted by Crippen LogP contribution is 2.37. The third kappa shape index (κ3) is 2.70. The largest absolute Gasteiger partial charge is 0.467 e. The molecule has 3 N–H and O–H groups in total. The molecule has 0 radical (unpaired) electrons. The quantitative estimate of drug-likeness (QED) is 0.878. The standard InChI is InChI=1S/C18H20N4O3/c1-25-18-20-14-6-7-22(17(24)15(14)16(19)21-18)12-4-2-10(3-5-12)11-8-13(23)9-11/h2-5,11,13,23H,6-9H2,1H3,(H2,19,20,21)/t11-,13+. The van der Waals surface area contributed by atoms with E-state index in [1.165, 1.54) is 12.7 Å². The lowest BCUT2D eigenvalue weighted by Crippen LogP contribution is -2.39. The SMILES string of the molecule is COc1nc(N)c2c(n1)CCN(c1ccc([C@H]3C[C@@H](O)C3)cc1)C2=O. The molecule has 25 heavy (non-hydrogen) atoms. The van der Waals surface area contributed by atoms with E-state index < -0.39 is 0 Å². The van der Waals surface area contributed by atoms with E-state index in [1.807, 2.05) is 24.3 Å². The summed E-state index contributed by atoms with van der Waals surface area (Å²) in [6, 6.07) is 8.14. The van der Waals surface area contributed by atoms with Crippen molar-refractivity contribution >= 4 is 17.4 Å². The van der Waals surface area contributed by atoms with Gasteiger partial charge in [-0.2, -0.15) is 9.97 Å². The van der Waals surface area contributed by atoms with Crippen LogP contribution >= 0.6 is 0 Å². The Morgan fingerprint density at radius 2 is 1.96 bits per heavy atom. The molecule has 2 aliphatic rings. The number of anilines is 2. The van der Waals surface area contributed by atoms with Gasteiger partial charge in [-0.15, -0.1) is 0 Å². The number of carbonyl (C=O) groups is 1. The summed E-state index contributed by atoms with van der Waals surface area (Å²) in [7, 11) is 1.47. The molecule has 2 heterocycles. The number of rotatable bonds is 3. The Kier molecular flexibility index (Phi) is 3.80. The topological polar surface area (TPSA) is 102 Å². The van der Waals surface area contributed by atoms with Crippen LogP contribution in [0, 0.1) is 0 Å².